The molecule has 0 aromatic heterocycles. The SMILES string of the molecule is CCCCCCOCCOCCOCCOCCOCCOCCOCCOC(=O)ON(C=O)C(=O)CCC. The number of carbonyl (C=O) groups is 3. The van der Waals surface area contributed by atoms with Crippen molar-refractivity contribution < 1.29 is 57.1 Å². The average molecular weight is 568 g/mol. The molecule has 13 nitrogen and oxygen atoms in total. The highest BCUT2D eigenvalue weighted by molar-refractivity contribution is 5.85. The fourth-order valence-electron chi connectivity index (χ4n) is 2.80. The van der Waals surface area contributed by atoms with Gasteiger partial charge in [-0.05, 0) is 12.8 Å². The quantitative estimate of drug-likeness (QED) is 0.0568. The van der Waals surface area contributed by atoms with E-state index in [0.717, 1.165) is 13.0 Å². The van der Waals surface area contributed by atoms with Crippen molar-refractivity contribution in [3.8, 4) is 0 Å². The van der Waals surface area contributed by atoms with Gasteiger partial charge in [0.05, 0.1) is 85.9 Å². The summed E-state index contributed by atoms with van der Waals surface area (Å²) in [6.45, 7) is 10.5. The van der Waals surface area contributed by atoms with Crippen LogP contribution in [0.15, 0.2) is 0 Å². The first kappa shape index (κ1) is 37.1. The maximum atomic E-state index is 11.5. The van der Waals surface area contributed by atoms with Crippen molar-refractivity contribution in [1.82, 2.24) is 5.06 Å². The zero-order chi connectivity index (χ0) is 28.7. The van der Waals surface area contributed by atoms with Gasteiger partial charge in [0, 0.05) is 13.0 Å². The number of hydrogen-bond acceptors (Lipinski definition) is 12. The second-order valence-electron chi connectivity index (χ2n) is 8.11. The number of carbonyl (C=O) groups excluding carboxylic acids is 3. The Labute approximate surface area is 232 Å². The monoisotopic (exact) mass is 567 g/mol. The van der Waals surface area contributed by atoms with Crippen LogP contribution in [0.5, 0.6) is 0 Å². The molecule has 0 saturated heterocycles. The third-order valence-electron chi connectivity index (χ3n) is 4.80. The third-order valence-corrected chi connectivity index (χ3v) is 4.80. The molecule has 0 spiro atoms. The molecule has 13 heteroatoms. The van der Waals surface area contributed by atoms with Crippen LogP contribution in [0, 0.1) is 0 Å². The number of rotatable bonds is 29. The lowest BCUT2D eigenvalue weighted by atomic mass is 10.2. The van der Waals surface area contributed by atoms with E-state index in [1.165, 1.54) is 19.3 Å². The summed E-state index contributed by atoms with van der Waals surface area (Å²) in [5, 5.41) is 0.316. The predicted molar refractivity (Wildman–Crippen MR) is 140 cm³/mol. The molecule has 0 aliphatic carbocycles. The van der Waals surface area contributed by atoms with Gasteiger partial charge in [0.1, 0.15) is 6.61 Å². The van der Waals surface area contributed by atoms with Crippen molar-refractivity contribution in [3.05, 3.63) is 0 Å². The lowest BCUT2D eigenvalue weighted by Gasteiger charge is -2.13. The van der Waals surface area contributed by atoms with Crippen molar-refractivity contribution in [3.63, 3.8) is 0 Å². The molecule has 0 saturated carbocycles. The van der Waals surface area contributed by atoms with Crippen molar-refractivity contribution in [1.29, 1.82) is 0 Å². The minimum absolute atomic E-state index is 0.0800. The molecule has 2 amide bonds. The second kappa shape index (κ2) is 30.7. The zero-order valence-corrected chi connectivity index (χ0v) is 23.8. The Kier molecular flexibility index (Phi) is 29.2. The predicted octanol–water partition coefficient (Wildman–Crippen LogP) is 2.54. The molecule has 0 aromatic carbocycles. The second-order valence-corrected chi connectivity index (χ2v) is 8.11. The van der Waals surface area contributed by atoms with Gasteiger partial charge in [-0.2, -0.15) is 0 Å². The maximum Gasteiger partial charge on any atom is 0.534 e. The molecule has 0 heterocycles. The molecule has 0 N–H and O–H groups in total. The first-order valence-electron chi connectivity index (χ1n) is 13.8. The van der Waals surface area contributed by atoms with Crippen LogP contribution < -0.4 is 0 Å². The minimum atomic E-state index is -1.16. The van der Waals surface area contributed by atoms with Crippen LogP contribution in [0.3, 0.4) is 0 Å². The van der Waals surface area contributed by atoms with Crippen LogP contribution in [0.1, 0.15) is 52.4 Å². The Morgan fingerprint density at radius 2 is 0.949 bits per heavy atom. The molecule has 0 fully saturated rings. The van der Waals surface area contributed by atoms with Crippen LogP contribution in [0.4, 0.5) is 4.79 Å². The van der Waals surface area contributed by atoms with E-state index in [1.807, 2.05) is 0 Å². The van der Waals surface area contributed by atoms with E-state index in [2.05, 4.69) is 11.8 Å². The van der Waals surface area contributed by atoms with Crippen LogP contribution in [-0.2, 0) is 52.3 Å². The first-order chi connectivity index (χ1) is 19.2. The van der Waals surface area contributed by atoms with E-state index < -0.39 is 12.1 Å². The lowest BCUT2D eigenvalue weighted by molar-refractivity contribution is -0.176. The molecule has 0 rings (SSSR count). The van der Waals surface area contributed by atoms with E-state index in [-0.39, 0.29) is 26.0 Å². The summed E-state index contributed by atoms with van der Waals surface area (Å²) >= 11 is 0. The van der Waals surface area contributed by atoms with Gasteiger partial charge in [-0.25, -0.2) is 4.79 Å². The van der Waals surface area contributed by atoms with Crippen LogP contribution in [-0.4, -0.2) is 123 Å². The van der Waals surface area contributed by atoms with Crippen LogP contribution in [0.2, 0.25) is 0 Å². The fraction of sp³-hybridized carbons (Fsp3) is 0.885. The Morgan fingerprint density at radius 1 is 0.538 bits per heavy atom. The first-order valence-corrected chi connectivity index (χ1v) is 13.8. The number of nitrogens with zero attached hydrogens (tertiary/aromatic N) is 1. The fourth-order valence-corrected chi connectivity index (χ4v) is 2.80. The van der Waals surface area contributed by atoms with Crippen molar-refractivity contribution >= 4 is 18.5 Å². The number of ether oxygens (including phenoxy) is 8. The highest BCUT2D eigenvalue weighted by Crippen LogP contribution is 1.99. The van der Waals surface area contributed by atoms with Gasteiger partial charge in [0.2, 0.25) is 0 Å². The van der Waals surface area contributed by atoms with E-state index >= 15 is 0 Å². The molecule has 0 unspecified atom stereocenters. The van der Waals surface area contributed by atoms with Gasteiger partial charge in [0.15, 0.2) is 0 Å². The summed E-state index contributed by atoms with van der Waals surface area (Å²) in [7, 11) is 0. The van der Waals surface area contributed by atoms with Gasteiger partial charge < -0.3 is 37.9 Å². The van der Waals surface area contributed by atoms with E-state index in [4.69, 9.17) is 37.9 Å². The molecular weight excluding hydrogens is 518 g/mol. The zero-order valence-electron chi connectivity index (χ0n) is 23.8. The molecule has 0 radical (unpaired) electrons. The van der Waals surface area contributed by atoms with E-state index in [0.29, 0.717) is 90.8 Å². The third kappa shape index (κ3) is 27.5. The normalized spacial score (nSPS) is 10.9. The lowest BCUT2D eigenvalue weighted by Crippen LogP contribution is -2.32. The maximum absolute atomic E-state index is 11.5. The summed E-state index contributed by atoms with van der Waals surface area (Å²) in [5.41, 5.74) is 0. The summed E-state index contributed by atoms with van der Waals surface area (Å²) < 4.78 is 42.6. The Hall–Kier alpha value is -1.87. The number of imide groups is 1. The standard InChI is InChI=1S/C26H49NO12/c1-3-5-6-7-9-31-10-11-32-12-13-33-14-15-34-16-17-35-18-19-36-20-21-37-22-23-38-26(30)39-27(24-28)25(29)8-4-2/h24H,3-23H2,1-2H3. The van der Waals surface area contributed by atoms with Crippen molar-refractivity contribution in [2.45, 2.75) is 52.4 Å². The Bertz CT molecular complexity index is 567. The molecule has 0 bridgehead atoms. The Balaban J connectivity index is 3.23. The largest absolute Gasteiger partial charge is 0.534 e. The summed E-state index contributed by atoms with van der Waals surface area (Å²) in [4.78, 5) is 38.2. The number of unbranched alkanes of at least 4 members (excludes halogenated alkanes) is 3. The molecule has 0 aromatic rings. The highest BCUT2D eigenvalue weighted by Gasteiger charge is 2.18. The van der Waals surface area contributed by atoms with Crippen molar-refractivity contribution in [2.75, 3.05) is 99.1 Å². The number of hydroxylamine groups is 2. The molecule has 230 valence electrons. The van der Waals surface area contributed by atoms with Crippen LogP contribution in [0.25, 0.3) is 0 Å². The minimum Gasteiger partial charge on any atom is -0.430 e. The smallest absolute Gasteiger partial charge is 0.430 e. The van der Waals surface area contributed by atoms with E-state index in [9.17, 15) is 14.4 Å². The van der Waals surface area contributed by atoms with Gasteiger partial charge in [-0.15, -0.1) is 5.06 Å². The topological polar surface area (TPSA) is 138 Å². The molecule has 0 aliphatic heterocycles. The van der Waals surface area contributed by atoms with Gasteiger partial charge >= 0.3 is 6.16 Å². The molecular formula is C26H49NO12. The van der Waals surface area contributed by atoms with Crippen LogP contribution >= 0.6 is 0 Å². The Morgan fingerprint density at radius 3 is 1.33 bits per heavy atom. The number of amides is 2. The van der Waals surface area contributed by atoms with Gasteiger partial charge in [0.25, 0.3) is 12.3 Å². The summed E-state index contributed by atoms with van der Waals surface area (Å²) in [5.74, 6) is -0.623. The molecule has 0 atom stereocenters. The van der Waals surface area contributed by atoms with Gasteiger partial charge in [-0.3, -0.25) is 14.4 Å². The van der Waals surface area contributed by atoms with Gasteiger partial charge in [-0.1, -0.05) is 33.1 Å². The summed E-state index contributed by atoms with van der Waals surface area (Å²) in [6, 6.07) is 0. The molecule has 39 heavy (non-hydrogen) atoms. The summed E-state index contributed by atoms with van der Waals surface area (Å²) in [6.07, 6.45) is 4.39. The molecule has 0 aliphatic rings. The van der Waals surface area contributed by atoms with E-state index in [1.54, 1.807) is 6.92 Å². The average Bonchev–Trinajstić information content (AvgIpc) is 2.93. The van der Waals surface area contributed by atoms with Crippen molar-refractivity contribution in [2.24, 2.45) is 0 Å². The highest BCUT2D eigenvalue weighted by atomic mass is 16.8. The number of hydrogen-bond donors (Lipinski definition) is 0.